The summed E-state index contributed by atoms with van der Waals surface area (Å²) in [6, 6.07) is 40.2. The van der Waals surface area contributed by atoms with E-state index in [0.29, 0.717) is 103 Å². The molecule has 0 amide bonds. The molecule has 4 aliphatic heterocycles. The second-order valence-electron chi connectivity index (χ2n) is 34.2. The highest BCUT2D eigenvalue weighted by molar-refractivity contribution is 8.00. The molecule has 0 unspecified atom stereocenters. The van der Waals surface area contributed by atoms with Gasteiger partial charge in [-0.15, -0.1) is 4.98 Å². The molecule has 16 aromatic rings. The Hall–Kier alpha value is -12.1. The fourth-order valence-electron chi connectivity index (χ4n) is 17.0. The van der Waals surface area contributed by atoms with Gasteiger partial charge < -0.3 is 47.9 Å². The van der Waals surface area contributed by atoms with E-state index in [9.17, 15) is 13.0 Å². The number of rotatable bonds is 26. The van der Waals surface area contributed by atoms with Crippen molar-refractivity contribution in [3.05, 3.63) is 239 Å². The molecule has 0 spiro atoms. The number of benzene rings is 4. The van der Waals surface area contributed by atoms with Gasteiger partial charge in [0.15, 0.2) is 32.9 Å². The third kappa shape index (κ3) is 20.8. The van der Waals surface area contributed by atoms with Gasteiger partial charge in [-0.3, -0.25) is 0 Å². The Kier molecular flexibility index (Phi) is 28.8. The van der Waals surface area contributed by atoms with E-state index in [4.69, 9.17) is 41.6 Å². The SMILES string of the molecule is CC(C)c1c(Cc2ccccc2-n2cccn2)nn2c(N)nc(S(=O)(=O)C3CCNCC3)nc12.CC(C)c1c(Cc2ccccc2-n2cccn2)nn2c(N)nc(SC3CCNCC3)nc12.CC(C)c1cnn2c(NCc3ccccc3-n3cccn3)nc(S[C@@H]3CCCNC3)nc12.CC(C)c1cnn2c(NCc3ccccc3-n3cccn3)nc([S@+]([O-])[C@@H]3CCCNC3)nc12. The molecule has 39 heteroatoms. The minimum atomic E-state index is -3.70. The Morgan fingerprint density at radius 3 is 1.33 bits per heavy atom. The van der Waals surface area contributed by atoms with Gasteiger partial charge in [0.1, 0.15) is 5.25 Å². The first-order valence-electron chi connectivity index (χ1n) is 45.0. The lowest BCUT2D eigenvalue weighted by Gasteiger charge is -2.24. The highest BCUT2D eigenvalue weighted by atomic mass is 32.2. The Balaban J connectivity index is 0.000000122. The quantitative estimate of drug-likeness (QED) is 0.0233. The minimum absolute atomic E-state index is 0.0139. The van der Waals surface area contributed by atoms with Gasteiger partial charge in [0.25, 0.3) is 5.16 Å². The van der Waals surface area contributed by atoms with E-state index in [-0.39, 0.29) is 34.1 Å². The van der Waals surface area contributed by atoms with Crippen LogP contribution >= 0.6 is 23.5 Å². The van der Waals surface area contributed by atoms with Gasteiger partial charge in [-0.05, 0) is 185 Å². The van der Waals surface area contributed by atoms with E-state index < -0.39 is 26.3 Å². The lowest BCUT2D eigenvalue weighted by Crippen LogP contribution is -2.39. The summed E-state index contributed by atoms with van der Waals surface area (Å²) in [6.45, 7) is 25.3. The number of nitrogens with two attached hydrogens (primary N) is 2. The molecule has 4 aromatic carbocycles. The number of anilines is 4. The first-order valence-corrected chi connectivity index (χ1v) is 49.5. The molecule has 3 atom stereocenters. The molecule has 0 radical (unpaired) electrons. The highest BCUT2D eigenvalue weighted by Gasteiger charge is 2.36. The Labute approximate surface area is 772 Å². The van der Waals surface area contributed by atoms with Gasteiger partial charge in [-0.1, -0.05) is 152 Å². The van der Waals surface area contributed by atoms with Crippen LogP contribution in [0.5, 0.6) is 0 Å². The van der Waals surface area contributed by atoms with Crippen molar-refractivity contribution in [3.8, 4) is 22.7 Å². The maximum atomic E-state index is 13.4. The number of thioether (sulfide) groups is 2. The summed E-state index contributed by atoms with van der Waals surface area (Å²) in [6.07, 6.45) is 27.3. The van der Waals surface area contributed by atoms with Crippen molar-refractivity contribution in [1.82, 2.24) is 139 Å². The summed E-state index contributed by atoms with van der Waals surface area (Å²) in [5, 5.41) is 58.8. The smallest absolute Gasteiger partial charge is 0.348 e. The van der Waals surface area contributed by atoms with Crippen LogP contribution in [0.25, 0.3) is 45.3 Å². The normalized spacial score (nSPS) is 16.2. The molecule has 682 valence electrons. The Bertz CT molecular complexity index is 6610. The van der Waals surface area contributed by atoms with Crippen LogP contribution in [0.15, 0.2) is 204 Å². The van der Waals surface area contributed by atoms with E-state index in [2.05, 4.69) is 160 Å². The van der Waals surface area contributed by atoms with Gasteiger partial charge in [0.2, 0.25) is 33.6 Å². The Morgan fingerprint density at radius 1 is 0.435 bits per heavy atom. The van der Waals surface area contributed by atoms with Crippen molar-refractivity contribution in [2.24, 2.45) is 0 Å². The maximum Gasteiger partial charge on any atom is 0.348 e. The maximum absolute atomic E-state index is 13.4. The molecule has 0 saturated carbocycles. The first kappa shape index (κ1) is 90.8. The van der Waals surface area contributed by atoms with Crippen molar-refractivity contribution in [3.63, 3.8) is 0 Å². The van der Waals surface area contributed by atoms with Crippen LogP contribution in [0.4, 0.5) is 23.8 Å². The van der Waals surface area contributed by atoms with E-state index in [0.717, 1.165) is 165 Å². The molecule has 16 heterocycles. The summed E-state index contributed by atoms with van der Waals surface area (Å²) in [7, 11) is -3.70. The summed E-state index contributed by atoms with van der Waals surface area (Å²) < 4.78 is 54.1. The average molecular weight is 1840 g/mol. The number of fused-ring (bicyclic) bond motifs is 4. The predicted molar refractivity (Wildman–Crippen MR) is 512 cm³/mol. The molecule has 4 fully saturated rings. The van der Waals surface area contributed by atoms with E-state index in [1.807, 2.05) is 159 Å². The second kappa shape index (κ2) is 41.6. The molecule has 35 nitrogen and oxygen atoms in total. The highest BCUT2D eigenvalue weighted by Crippen LogP contribution is 2.36. The lowest BCUT2D eigenvalue weighted by molar-refractivity contribution is 0.492. The zero-order valence-corrected chi connectivity index (χ0v) is 78.1. The number of hydrogen-bond donors (Lipinski definition) is 8. The fraction of sp³-hybridized carbons (Fsp3) is 0.391. The van der Waals surface area contributed by atoms with Crippen LogP contribution in [0.2, 0.25) is 0 Å². The van der Waals surface area contributed by atoms with Crippen LogP contribution in [-0.4, -0.2) is 204 Å². The molecule has 131 heavy (non-hydrogen) atoms. The van der Waals surface area contributed by atoms with E-state index in [1.54, 1.807) is 57.3 Å². The van der Waals surface area contributed by atoms with Crippen LogP contribution in [0.3, 0.4) is 0 Å². The van der Waals surface area contributed by atoms with Crippen LogP contribution in [-0.2, 0) is 46.9 Å². The third-order valence-corrected chi connectivity index (χ3v) is 29.6. The second-order valence-corrected chi connectivity index (χ2v) is 40.4. The number of nitrogen functional groups attached to an aromatic ring is 2. The van der Waals surface area contributed by atoms with Crippen LogP contribution < -0.4 is 43.4 Å². The summed E-state index contributed by atoms with van der Waals surface area (Å²) >= 11 is 2.19. The molecule has 20 rings (SSSR count). The van der Waals surface area contributed by atoms with Gasteiger partial charge in [-0.2, -0.15) is 83.8 Å². The largest absolute Gasteiger partial charge is 0.609 e. The van der Waals surface area contributed by atoms with E-state index >= 15 is 0 Å². The third-order valence-electron chi connectivity index (χ3n) is 23.7. The number of aromatic nitrogens is 24. The predicted octanol–water partition coefficient (Wildman–Crippen LogP) is 12.4. The molecule has 4 aliphatic rings. The average Bonchev–Trinajstić information content (AvgIpc) is 1.61. The van der Waals surface area contributed by atoms with Crippen molar-refractivity contribution >= 4 is 90.9 Å². The van der Waals surface area contributed by atoms with Crippen molar-refractivity contribution < 1.29 is 13.0 Å². The fourth-order valence-corrected chi connectivity index (χ4v) is 22.0. The number of nitrogens with zero attached hydrogens (tertiary/aromatic N) is 24. The monoisotopic (exact) mass is 1840 g/mol. The van der Waals surface area contributed by atoms with Gasteiger partial charge in [-0.25, -0.2) is 37.1 Å². The molecule has 10 N–H and O–H groups in total. The molecule has 0 bridgehead atoms. The van der Waals surface area contributed by atoms with Crippen molar-refractivity contribution in [1.29, 1.82) is 0 Å². The van der Waals surface area contributed by atoms with Crippen LogP contribution in [0, 0.1) is 0 Å². The number of para-hydroxylation sites is 4. The summed E-state index contributed by atoms with van der Waals surface area (Å²) in [4.78, 5) is 37.3. The zero-order valence-electron chi connectivity index (χ0n) is 74.8. The lowest BCUT2D eigenvalue weighted by atomic mass is 9.98. The molecule has 12 aromatic heterocycles. The van der Waals surface area contributed by atoms with Gasteiger partial charge in [0, 0.05) is 133 Å². The van der Waals surface area contributed by atoms with Crippen LogP contribution in [0.1, 0.15) is 186 Å². The standard InChI is InChI=1S/C23H28N8O2S.C23H28N8OS.2C23H28N8S/c1-15(2)20-18(14-16-6-3-4-7-19(16)30-13-5-10-26-30)29-31-21(20)27-23(28-22(31)24)34(32,33)17-8-11-25-12-9-17;1-16(2)19-15-27-31-21(19)28-23(33(32)18-8-5-10-24-14-18)29-22(31)25-13-17-7-3-4-9-20(17)30-12-6-11-26-30;1-16(2)19-15-27-31-21(19)28-23(32-18-8-5-10-24-14-18)29-22(31)25-13-17-7-3-4-9-20(17)30-12-6-11-26-30;1-15(2)20-18(14-16-6-3-4-7-19(16)30-13-5-10-26-30)29-31-21(20)27-23(28-22(31)24)32-17-8-11-25-12-9-17/h3-7,10,13,15,17,25H,8-9,11-12,14H2,1-2H3,(H2,24,27,28);3-4,6-7,9,11-12,15-16,18,24H,5,8,10,13-14H2,1-2H3,(H,25,28,29);3-4,6-7,9,11-12,15-16,18,24H,5,8,10,13-14H2,1-2H3,(H,25,28,29);3-7,10,13,15,17,25H,8-9,11-12,14H2,1-2H3,(H2,24,27,28)/t;18-,33-;18-;/m.11./s1. The number of nitrogens with one attached hydrogen (secondary N) is 6. The molecule has 4 saturated heterocycles. The number of sulfone groups is 1. The molecule has 0 aliphatic carbocycles. The topological polar surface area (TPSA) is 425 Å². The number of hydrogen-bond acceptors (Lipinski definition) is 29. The van der Waals surface area contributed by atoms with E-state index in [1.165, 1.54) is 17.4 Å². The number of piperidine rings is 4. The Morgan fingerprint density at radius 2 is 0.863 bits per heavy atom. The molecular weight excluding hydrogens is 1730 g/mol. The van der Waals surface area contributed by atoms with Gasteiger partial charge in [0.05, 0.1) is 51.8 Å². The molecular formula is C92H112N32O3S4. The van der Waals surface area contributed by atoms with Crippen molar-refractivity contribution in [2.75, 3.05) is 74.5 Å². The summed E-state index contributed by atoms with van der Waals surface area (Å²) in [5.41, 5.74) is 29.7. The minimum Gasteiger partial charge on any atom is -0.609 e. The first-order chi connectivity index (χ1) is 63.8. The summed E-state index contributed by atoms with van der Waals surface area (Å²) in [5.74, 6) is 2.54. The van der Waals surface area contributed by atoms with Gasteiger partial charge >= 0.3 is 5.16 Å². The van der Waals surface area contributed by atoms with Crippen molar-refractivity contribution in [2.45, 2.75) is 198 Å². The zero-order chi connectivity index (χ0) is 90.7.